The molecule has 21 heavy (non-hydrogen) atoms. The molecule has 3 heteroatoms. The number of aromatic nitrogens is 1. The molecule has 0 spiro atoms. The minimum Gasteiger partial charge on any atom is -0.465 e. The summed E-state index contributed by atoms with van der Waals surface area (Å²) in [6.07, 6.45) is 1.80. The molecule has 3 aromatic rings. The van der Waals surface area contributed by atoms with E-state index in [1.54, 1.807) is 12.3 Å². The van der Waals surface area contributed by atoms with Gasteiger partial charge in [-0.25, -0.2) is 4.79 Å². The Labute approximate surface area is 123 Å². The topological polar surface area (TPSA) is 39.2 Å². The van der Waals surface area contributed by atoms with E-state index in [0.717, 1.165) is 27.6 Å². The molecule has 0 fully saturated rings. The first kappa shape index (κ1) is 13.3. The Morgan fingerprint density at radius 3 is 2.71 bits per heavy atom. The summed E-state index contributed by atoms with van der Waals surface area (Å²) in [7, 11) is 1.40. The fourth-order valence-electron chi connectivity index (χ4n) is 2.52. The van der Waals surface area contributed by atoms with Crippen molar-refractivity contribution in [2.75, 3.05) is 7.11 Å². The first-order valence-corrected chi connectivity index (χ1v) is 6.74. The molecule has 0 saturated carbocycles. The molecule has 0 aliphatic rings. The molecule has 3 nitrogen and oxygen atoms in total. The molecule has 2 aromatic carbocycles. The molecule has 0 bridgehead atoms. The van der Waals surface area contributed by atoms with Crippen LogP contribution in [0, 0.1) is 6.92 Å². The van der Waals surface area contributed by atoms with Crippen molar-refractivity contribution in [3.05, 3.63) is 66.0 Å². The monoisotopic (exact) mass is 277 g/mol. The molecule has 3 rings (SSSR count). The molecule has 1 heterocycles. The van der Waals surface area contributed by atoms with E-state index in [2.05, 4.69) is 11.1 Å². The van der Waals surface area contributed by atoms with Crippen molar-refractivity contribution in [1.82, 2.24) is 4.98 Å². The van der Waals surface area contributed by atoms with Gasteiger partial charge in [-0.2, -0.15) is 0 Å². The lowest BCUT2D eigenvalue weighted by Crippen LogP contribution is -2.03. The lowest BCUT2D eigenvalue weighted by Gasteiger charge is -2.09. The van der Waals surface area contributed by atoms with Crippen LogP contribution in [0.4, 0.5) is 0 Å². The summed E-state index contributed by atoms with van der Waals surface area (Å²) in [4.78, 5) is 16.2. The van der Waals surface area contributed by atoms with Gasteiger partial charge >= 0.3 is 5.97 Å². The quantitative estimate of drug-likeness (QED) is 0.665. The summed E-state index contributed by atoms with van der Waals surface area (Å²) in [5.41, 5.74) is 3.44. The summed E-state index contributed by atoms with van der Waals surface area (Å²) in [5.74, 6) is -0.323. The molecule has 0 N–H and O–H groups in total. The summed E-state index contributed by atoms with van der Waals surface area (Å²) >= 11 is 0. The second-order valence-corrected chi connectivity index (χ2v) is 4.87. The Kier molecular flexibility index (Phi) is 3.40. The molecule has 0 unspecified atom stereocenters. The van der Waals surface area contributed by atoms with Crippen molar-refractivity contribution in [2.24, 2.45) is 0 Å². The number of rotatable bonds is 2. The lowest BCUT2D eigenvalue weighted by atomic mass is 9.97. The van der Waals surface area contributed by atoms with Gasteiger partial charge in [-0.3, -0.25) is 4.98 Å². The largest absolute Gasteiger partial charge is 0.465 e. The van der Waals surface area contributed by atoms with Crippen LogP contribution in [0.5, 0.6) is 0 Å². The van der Waals surface area contributed by atoms with Gasteiger partial charge in [-0.05, 0) is 41.6 Å². The first-order valence-electron chi connectivity index (χ1n) is 6.74. The summed E-state index contributed by atoms with van der Waals surface area (Å²) in [6, 6.07) is 15.6. The van der Waals surface area contributed by atoms with Crippen LogP contribution in [0.1, 0.15) is 16.1 Å². The van der Waals surface area contributed by atoms with Crippen molar-refractivity contribution < 1.29 is 9.53 Å². The van der Waals surface area contributed by atoms with E-state index in [0.29, 0.717) is 5.56 Å². The third kappa shape index (κ3) is 2.38. The summed E-state index contributed by atoms with van der Waals surface area (Å²) in [5, 5.41) is 2.23. The standard InChI is InChI=1S/C18H15NO2/c1-12-15-8-7-13(11-14(15)9-10-19-12)16-5-3-4-6-17(16)18(20)21-2/h3-11H,1-2H3. The van der Waals surface area contributed by atoms with Gasteiger partial charge in [-0.1, -0.05) is 30.3 Å². The van der Waals surface area contributed by atoms with Gasteiger partial charge in [0.2, 0.25) is 0 Å². The Balaban J connectivity index is 2.19. The minimum absolute atomic E-state index is 0.323. The SMILES string of the molecule is COC(=O)c1ccccc1-c1ccc2c(C)nccc2c1. The van der Waals surface area contributed by atoms with E-state index in [4.69, 9.17) is 4.74 Å². The average Bonchev–Trinajstić information content (AvgIpc) is 2.54. The number of hydrogen-bond donors (Lipinski definition) is 0. The maximum Gasteiger partial charge on any atom is 0.338 e. The highest BCUT2D eigenvalue weighted by Gasteiger charge is 2.12. The Morgan fingerprint density at radius 2 is 1.90 bits per heavy atom. The van der Waals surface area contributed by atoms with E-state index < -0.39 is 0 Å². The Morgan fingerprint density at radius 1 is 1.10 bits per heavy atom. The molecular weight excluding hydrogens is 262 g/mol. The van der Waals surface area contributed by atoms with Gasteiger partial charge in [0.1, 0.15) is 0 Å². The van der Waals surface area contributed by atoms with Crippen LogP contribution in [0.2, 0.25) is 0 Å². The normalized spacial score (nSPS) is 10.6. The third-order valence-corrected chi connectivity index (χ3v) is 3.61. The molecule has 0 aliphatic carbocycles. The van der Waals surface area contributed by atoms with Gasteiger partial charge in [0.25, 0.3) is 0 Å². The van der Waals surface area contributed by atoms with Crippen LogP contribution < -0.4 is 0 Å². The number of carbonyl (C=O) groups is 1. The van der Waals surface area contributed by atoms with Crippen LogP contribution in [-0.2, 0) is 4.74 Å². The van der Waals surface area contributed by atoms with E-state index in [1.807, 2.05) is 43.3 Å². The molecule has 0 aliphatic heterocycles. The van der Waals surface area contributed by atoms with Crippen molar-refractivity contribution in [3.63, 3.8) is 0 Å². The van der Waals surface area contributed by atoms with Crippen LogP contribution in [0.15, 0.2) is 54.7 Å². The minimum atomic E-state index is -0.323. The lowest BCUT2D eigenvalue weighted by molar-refractivity contribution is 0.0601. The first-order chi connectivity index (χ1) is 10.2. The number of carbonyl (C=O) groups excluding carboxylic acids is 1. The number of aryl methyl sites for hydroxylation is 1. The summed E-state index contributed by atoms with van der Waals surface area (Å²) in [6.45, 7) is 1.99. The number of esters is 1. The zero-order valence-corrected chi connectivity index (χ0v) is 12.0. The van der Waals surface area contributed by atoms with Gasteiger partial charge in [0, 0.05) is 17.3 Å². The fourth-order valence-corrected chi connectivity index (χ4v) is 2.52. The van der Waals surface area contributed by atoms with Gasteiger partial charge in [-0.15, -0.1) is 0 Å². The third-order valence-electron chi connectivity index (χ3n) is 3.61. The molecule has 0 saturated heterocycles. The Bertz CT molecular complexity index is 824. The predicted octanol–water partition coefficient (Wildman–Crippen LogP) is 4.00. The van der Waals surface area contributed by atoms with E-state index in [-0.39, 0.29) is 5.97 Å². The maximum absolute atomic E-state index is 11.9. The summed E-state index contributed by atoms with van der Waals surface area (Å²) < 4.78 is 4.86. The molecular formula is C18H15NO2. The van der Waals surface area contributed by atoms with E-state index >= 15 is 0 Å². The number of nitrogens with zero attached hydrogens (tertiary/aromatic N) is 1. The molecule has 0 atom stereocenters. The van der Waals surface area contributed by atoms with Gasteiger partial charge in [0.15, 0.2) is 0 Å². The molecule has 104 valence electrons. The smallest absolute Gasteiger partial charge is 0.338 e. The van der Waals surface area contributed by atoms with E-state index in [1.165, 1.54) is 7.11 Å². The second kappa shape index (κ2) is 5.37. The zero-order chi connectivity index (χ0) is 14.8. The number of hydrogen-bond acceptors (Lipinski definition) is 3. The van der Waals surface area contributed by atoms with Gasteiger partial charge in [0.05, 0.1) is 12.7 Å². The number of ether oxygens (including phenoxy) is 1. The average molecular weight is 277 g/mol. The number of benzene rings is 2. The second-order valence-electron chi connectivity index (χ2n) is 4.87. The highest BCUT2D eigenvalue weighted by Crippen LogP contribution is 2.28. The number of pyridine rings is 1. The van der Waals surface area contributed by atoms with Crippen LogP contribution >= 0.6 is 0 Å². The highest BCUT2D eigenvalue weighted by atomic mass is 16.5. The van der Waals surface area contributed by atoms with Crippen LogP contribution in [0.25, 0.3) is 21.9 Å². The van der Waals surface area contributed by atoms with Crippen molar-refractivity contribution in [3.8, 4) is 11.1 Å². The number of methoxy groups -OCH3 is 1. The molecule has 0 amide bonds. The predicted molar refractivity (Wildman–Crippen MR) is 83.3 cm³/mol. The van der Waals surface area contributed by atoms with Crippen LogP contribution in [0.3, 0.4) is 0 Å². The van der Waals surface area contributed by atoms with Crippen molar-refractivity contribution in [1.29, 1.82) is 0 Å². The fraction of sp³-hybridized carbons (Fsp3) is 0.111. The number of fused-ring (bicyclic) bond motifs is 1. The molecule has 1 aromatic heterocycles. The van der Waals surface area contributed by atoms with Crippen LogP contribution in [-0.4, -0.2) is 18.1 Å². The van der Waals surface area contributed by atoms with Crippen molar-refractivity contribution >= 4 is 16.7 Å². The zero-order valence-electron chi connectivity index (χ0n) is 12.0. The van der Waals surface area contributed by atoms with E-state index in [9.17, 15) is 4.79 Å². The molecule has 0 radical (unpaired) electrons. The Hall–Kier alpha value is -2.68. The van der Waals surface area contributed by atoms with Crippen molar-refractivity contribution in [2.45, 2.75) is 6.92 Å². The highest BCUT2D eigenvalue weighted by molar-refractivity contribution is 5.99. The van der Waals surface area contributed by atoms with Gasteiger partial charge < -0.3 is 4.74 Å². The maximum atomic E-state index is 11.9.